The van der Waals surface area contributed by atoms with Gasteiger partial charge in [0.1, 0.15) is 5.82 Å². The lowest BCUT2D eigenvalue weighted by Crippen LogP contribution is -2.26. The van der Waals surface area contributed by atoms with Crippen LogP contribution in [0.2, 0.25) is 0 Å². The molecule has 2 aromatic rings. The van der Waals surface area contributed by atoms with Crippen LogP contribution in [0.15, 0.2) is 24.4 Å². The molecule has 0 saturated carbocycles. The highest BCUT2D eigenvalue weighted by atomic mass is 32.1. The predicted octanol–water partition coefficient (Wildman–Crippen LogP) is 3.31. The molecule has 0 aliphatic carbocycles. The van der Waals surface area contributed by atoms with Crippen LogP contribution in [-0.2, 0) is 0 Å². The van der Waals surface area contributed by atoms with Crippen LogP contribution in [0.5, 0.6) is 0 Å². The first-order chi connectivity index (χ1) is 10.6. The first kappa shape index (κ1) is 15.1. The van der Waals surface area contributed by atoms with Crippen molar-refractivity contribution in [3.05, 3.63) is 46.2 Å². The van der Waals surface area contributed by atoms with Gasteiger partial charge >= 0.3 is 0 Å². The molecule has 2 N–H and O–H groups in total. The minimum Gasteiger partial charge on any atom is -0.317 e. The van der Waals surface area contributed by atoms with Gasteiger partial charge in [0.2, 0.25) is 0 Å². The Labute approximate surface area is 132 Å². The first-order valence-electron chi connectivity index (χ1n) is 7.37. The Morgan fingerprint density at radius 2 is 2.18 bits per heavy atom. The smallest absolute Gasteiger partial charge is 0.257 e. The number of thiazole rings is 1. The second kappa shape index (κ2) is 6.54. The third kappa shape index (κ3) is 3.34. The molecule has 2 heterocycles. The van der Waals surface area contributed by atoms with Crippen LogP contribution >= 0.6 is 11.3 Å². The largest absolute Gasteiger partial charge is 0.317 e. The minimum atomic E-state index is -0.412. The number of carbonyl (C=O) groups excluding carboxylic acids is 1. The van der Waals surface area contributed by atoms with Crippen molar-refractivity contribution >= 4 is 22.4 Å². The van der Waals surface area contributed by atoms with Crippen LogP contribution in [0.1, 0.15) is 39.6 Å². The fourth-order valence-corrected chi connectivity index (χ4v) is 3.62. The number of aryl methyl sites for hydroxylation is 1. The molecule has 1 aliphatic rings. The number of benzene rings is 1. The fourth-order valence-electron chi connectivity index (χ4n) is 2.64. The molecule has 1 saturated heterocycles. The third-order valence-corrected chi connectivity index (χ3v) is 5.01. The Balaban J connectivity index is 1.71. The zero-order valence-electron chi connectivity index (χ0n) is 12.4. The SMILES string of the molecule is Cc1ccc(F)cc1C(=O)Nc1ncc(C2CCNCC2)s1. The number of hydrogen-bond donors (Lipinski definition) is 2. The van der Waals surface area contributed by atoms with Gasteiger partial charge in [-0.25, -0.2) is 9.37 Å². The molecule has 1 aromatic carbocycles. The fraction of sp³-hybridized carbons (Fsp3) is 0.375. The Bertz CT molecular complexity index is 680. The number of anilines is 1. The molecule has 6 heteroatoms. The maximum absolute atomic E-state index is 13.3. The quantitative estimate of drug-likeness (QED) is 0.912. The predicted molar refractivity (Wildman–Crippen MR) is 86.0 cm³/mol. The number of halogens is 1. The van der Waals surface area contributed by atoms with Crippen molar-refractivity contribution in [1.82, 2.24) is 10.3 Å². The molecule has 4 nitrogen and oxygen atoms in total. The lowest BCUT2D eigenvalue weighted by Gasteiger charge is -2.20. The standard InChI is InChI=1S/C16H18FN3OS/c1-10-2-3-12(17)8-13(10)15(21)20-16-19-9-14(22-16)11-4-6-18-7-5-11/h2-3,8-9,11,18H,4-7H2,1H3,(H,19,20,21). The lowest BCUT2D eigenvalue weighted by atomic mass is 9.97. The number of nitrogens with one attached hydrogen (secondary N) is 2. The van der Waals surface area contributed by atoms with Gasteiger partial charge in [-0.1, -0.05) is 6.07 Å². The maximum atomic E-state index is 13.3. The summed E-state index contributed by atoms with van der Waals surface area (Å²) >= 11 is 1.51. The average Bonchev–Trinajstić information content (AvgIpc) is 2.99. The van der Waals surface area contributed by atoms with Crippen molar-refractivity contribution in [2.75, 3.05) is 18.4 Å². The number of amides is 1. The van der Waals surface area contributed by atoms with Gasteiger partial charge in [-0.05, 0) is 56.5 Å². The molecular weight excluding hydrogens is 301 g/mol. The number of aromatic nitrogens is 1. The summed E-state index contributed by atoms with van der Waals surface area (Å²) in [4.78, 5) is 17.7. The highest BCUT2D eigenvalue weighted by Crippen LogP contribution is 2.31. The highest BCUT2D eigenvalue weighted by Gasteiger charge is 2.19. The van der Waals surface area contributed by atoms with E-state index >= 15 is 0 Å². The molecule has 116 valence electrons. The highest BCUT2D eigenvalue weighted by molar-refractivity contribution is 7.15. The zero-order valence-corrected chi connectivity index (χ0v) is 13.2. The number of nitrogens with zero attached hydrogens (tertiary/aromatic N) is 1. The Morgan fingerprint density at radius 1 is 1.41 bits per heavy atom. The molecule has 1 aliphatic heterocycles. The van der Waals surface area contributed by atoms with Gasteiger partial charge < -0.3 is 5.32 Å². The lowest BCUT2D eigenvalue weighted by molar-refractivity contribution is 0.102. The Hall–Kier alpha value is -1.79. The van der Waals surface area contributed by atoms with E-state index in [1.54, 1.807) is 13.0 Å². The van der Waals surface area contributed by atoms with Gasteiger partial charge in [0, 0.05) is 16.6 Å². The van der Waals surface area contributed by atoms with Crippen molar-refractivity contribution in [3.8, 4) is 0 Å². The Morgan fingerprint density at radius 3 is 2.95 bits per heavy atom. The van der Waals surface area contributed by atoms with Crippen LogP contribution in [0.4, 0.5) is 9.52 Å². The molecular formula is C16H18FN3OS. The summed E-state index contributed by atoms with van der Waals surface area (Å²) < 4.78 is 13.3. The number of carbonyl (C=O) groups is 1. The van der Waals surface area contributed by atoms with Gasteiger partial charge in [-0.15, -0.1) is 11.3 Å². The summed E-state index contributed by atoms with van der Waals surface area (Å²) in [5.74, 6) is -0.214. The van der Waals surface area contributed by atoms with E-state index < -0.39 is 5.82 Å². The van der Waals surface area contributed by atoms with E-state index in [0.29, 0.717) is 16.6 Å². The average molecular weight is 319 g/mol. The topological polar surface area (TPSA) is 54.0 Å². The molecule has 0 unspecified atom stereocenters. The van der Waals surface area contributed by atoms with Crippen molar-refractivity contribution < 1.29 is 9.18 Å². The van der Waals surface area contributed by atoms with Gasteiger partial charge in [-0.3, -0.25) is 10.1 Å². The number of piperidine rings is 1. The molecule has 1 aromatic heterocycles. The van der Waals surface area contributed by atoms with Crippen LogP contribution in [0.3, 0.4) is 0 Å². The molecule has 22 heavy (non-hydrogen) atoms. The van der Waals surface area contributed by atoms with Gasteiger partial charge in [0.15, 0.2) is 5.13 Å². The molecule has 0 atom stereocenters. The van der Waals surface area contributed by atoms with E-state index in [9.17, 15) is 9.18 Å². The normalized spacial score (nSPS) is 15.7. The first-order valence-corrected chi connectivity index (χ1v) is 8.19. The summed E-state index contributed by atoms with van der Waals surface area (Å²) in [5, 5.41) is 6.68. The minimum absolute atomic E-state index is 0.316. The molecule has 3 rings (SSSR count). The van der Waals surface area contributed by atoms with E-state index in [2.05, 4.69) is 15.6 Å². The summed E-state index contributed by atoms with van der Waals surface area (Å²) in [7, 11) is 0. The monoisotopic (exact) mass is 319 g/mol. The van der Waals surface area contributed by atoms with E-state index in [-0.39, 0.29) is 5.91 Å². The molecule has 0 spiro atoms. The van der Waals surface area contributed by atoms with Crippen LogP contribution in [0.25, 0.3) is 0 Å². The van der Waals surface area contributed by atoms with E-state index in [4.69, 9.17) is 0 Å². The van der Waals surface area contributed by atoms with Gasteiger partial charge in [0.05, 0.1) is 0 Å². The molecule has 0 bridgehead atoms. The molecule has 1 fully saturated rings. The van der Waals surface area contributed by atoms with E-state index in [1.165, 1.54) is 28.3 Å². The second-order valence-corrected chi connectivity index (χ2v) is 6.57. The summed E-state index contributed by atoms with van der Waals surface area (Å²) in [6, 6.07) is 4.21. The summed E-state index contributed by atoms with van der Waals surface area (Å²) in [6.45, 7) is 3.83. The summed E-state index contributed by atoms with van der Waals surface area (Å²) in [5.41, 5.74) is 1.09. The van der Waals surface area contributed by atoms with E-state index in [0.717, 1.165) is 31.5 Å². The van der Waals surface area contributed by atoms with Crippen molar-refractivity contribution in [1.29, 1.82) is 0 Å². The van der Waals surface area contributed by atoms with E-state index in [1.807, 2.05) is 6.20 Å². The molecule has 1 amide bonds. The van der Waals surface area contributed by atoms with Crippen molar-refractivity contribution in [2.45, 2.75) is 25.7 Å². The van der Waals surface area contributed by atoms with Crippen LogP contribution in [-0.4, -0.2) is 24.0 Å². The van der Waals surface area contributed by atoms with Gasteiger partial charge in [0.25, 0.3) is 5.91 Å². The van der Waals surface area contributed by atoms with Gasteiger partial charge in [-0.2, -0.15) is 0 Å². The third-order valence-electron chi connectivity index (χ3n) is 3.93. The Kier molecular flexibility index (Phi) is 4.49. The zero-order chi connectivity index (χ0) is 15.5. The maximum Gasteiger partial charge on any atom is 0.257 e. The van der Waals surface area contributed by atoms with Crippen molar-refractivity contribution in [2.24, 2.45) is 0 Å². The van der Waals surface area contributed by atoms with Crippen LogP contribution in [0, 0.1) is 12.7 Å². The molecule has 0 radical (unpaired) electrons. The second-order valence-electron chi connectivity index (χ2n) is 5.51. The number of rotatable bonds is 3. The number of hydrogen-bond acceptors (Lipinski definition) is 4. The summed E-state index contributed by atoms with van der Waals surface area (Å²) in [6.07, 6.45) is 4.03. The van der Waals surface area contributed by atoms with Crippen molar-refractivity contribution in [3.63, 3.8) is 0 Å². The van der Waals surface area contributed by atoms with Crippen LogP contribution < -0.4 is 10.6 Å².